The molecule has 2 aliphatic rings. The predicted molar refractivity (Wildman–Crippen MR) is 207 cm³/mol. The van der Waals surface area contributed by atoms with E-state index in [4.69, 9.17) is 9.47 Å². The first-order valence-electron chi connectivity index (χ1n) is 17.4. The van der Waals surface area contributed by atoms with E-state index in [0.29, 0.717) is 0 Å². The lowest BCUT2D eigenvalue weighted by atomic mass is 9.76. The predicted octanol–water partition coefficient (Wildman–Crippen LogP) is 12.1. The van der Waals surface area contributed by atoms with E-state index in [1.54, 1.807) is 7.11 Å². The fourth-order valence-electron chi connectivity index (χ4n) is 8.26. The Balaban J connectivity index is 1.19. The topological polar surface area (TPSA) is 18.5 Å². The van der Waals surface area contributed by atoms with E-state index in [1.807, 2.05) is 12.1 Å². The first kappa shape index (κ1) is 30.2. The molecule has 0 saturated heterocycles. The van der Waals surface area contributed by atoms with E-state index in [1.165, 1.54) is 49.9 Å². The van der Waals surface area contributed by atoms with Gasteiger partial charge in [-0.2, -0.15) is 0 Å². The van der Waals surface area contributed by atoms with Crippen LogP contribution >= 0.6 is 0 Å². The molecule has 0 aromatic heterocycles. The molecular formula is C48H38O2. The van der Waals surface area contributed by atoms with Crippen molar-refractivity contribution in [2.24, 2.45) is 0 Å². The minimum Gasteiger partial charge on any atom is -0.497 e. The van der Waals surface area contributed by atoms with Crippen LogP contribution in [0.15, 0.2) is 152 Å². The van der Waals surface area contributed by atoms with E-state index < -0.39 is 5.60 Å². The van der Waals surface area contributed by atoms with Crippen LogP contribution in [-0.2, 0) is 11.0 Å². The summed E-state index contributed by atoms with van der Waals surface area (Å²) in [5, 5.41) is 2.35. The van der Waals surface area contributed by atoms with Gasteiger partial charge in [0.2, 0.25) is 0 Å². The molecule has 0 spiro atoms. The van der Waals surface area contributed by atoms with Crippen LogP contribution in [0.5, 0.6) is 11.5 Å². The lowest BCUT2D eigenvalue weighted by Crippen LogP contribution is -2.35. The lowest BCUT2D eigenvalue weighted by Gasteiger charge is -2.38. The highest BCUT2D eigenvalue weighted by Crippen LogP contribution is 2.58. The number of rotatable bonds is 5. The molecule has 7 aromatic carbocycles. The minimum absolute atomic E-state index is 0.184. The summed E-state index contributed by atoms with van der Waals surface area (Å²) in [4.78, 5) is 0. The Hall–Kier alpha value is -5.86. The average molecular weight is 647 g/mol. The van der Waals surface area contributed by atoms with Crippen molar-refractivity contribution in [3.8, 4) is 44.9 Å². The highest BCUT2D eigenvalue weighted by molar-refractivity contribution is 6.08. The zero-order chi connectivity index (χ0) is 34.0. The first-order valence-corrected chi connectivity index (χ1v) is 17.4. The molecule has 7 aromatic rings. The van der Waals surface area contributed by atoms with E-state index in [0.717, 1.165) is 39.1 Å². The monoisotopic (exact) mass is 646 g/mol. The van der Waals surface area contributed by atoms with Crippen molar-refractivity contribution in [1.29, 1.82) is 0 Å². The van der Waals surface area contributed by atoms with Gasteiger partial charge in [0.05, 0.1) is 7.11 Å². The van der Waals surface area contributed by atoms with Gasteiger partial charge >= 0.3 is 0 Å². The molecule has 9 rings (SSSR count). The van der Waals surface area contributed by atoms with Gasteiger partial charge in [0, 0.05) is 27.5 Å². The van der Waals surface area contributed by atoms with E-state index in [-0.39, 0.29) is 5.41 Å². The van der Waals surface area contributed by atoms with Crippen LogP contribution < -0.4 is 9.47 Å². The molecule has 0 saturated carbocycles. The zero-order valence-electron chi connectivity index (χ0n) is 28.8. The Morgan fingerprint density at radius 3 is 1.78 bits per heavy atom. The van der Waals surface area contributed by atoms with Crippen molar-refractivity contribution in [3.05, 3.63) is 185 Å². The summed E-state index contributed by atoms with van der Waals surface area (Å²) < 4.78 is 13.1. The molecule has 1 unspecified atom stereocenters. The van der Waals surface area contributed by atoms with Gasteiger partial charge in [-0.15, -0.1) is 0 Å². The van der Waals surface area contributed by atoms with Crippen LogP contribution in [0.4, 0.5) is 0 Å². The maximum Gasteiger partial charge on any atom is 0.178 e. The van der Waals surface area contributed by atoms with Crippen molar-refractivity contribution in [2.45, 2.75) is 31.8 Å². The van der Waals surface area contributed by atoms with Gasteiger partial charge in [0.25, 0.3) is 0 Å². The Kier molecular flexibility index (Phi) is 6.86. The van der Waals surface area contributed by atoms with Crippen LogP contribution in [0.1, 0.15) is 47.2 Å². The fraction of sp³-hybridized carbons (Fsp3) is 0.125. The Bertz CT molecular complexity index is 2430. The maximum absolute atomic E-state index is 7.50. The summed E-state index contributed by atoms with van der Waals surface area (Å²) >= 11 is 0. The van der Waals surface area contributed by atoms with E-state index in [2.05, 4.69) is 166 Å². The Morgan fingerprint density at radius 2 is 1.14 bits per heavy atom. The second kappa shape index (κ2) is 11.4. The number of fused-ring (bicyclic) bond motifs is 8. The van der Waals surface area contributed by atoms with Crippen LogP contribution in [0.3, 0.4) is 0 Å². The van der Waals surface area contributed by atoms with Crippen LogP contribution in [-0.4, -0.2) is 7.11 Å². The average Bonchev–Trinajstić information content (AvgIpc) is 3.41. The van der Waals surface area contributed by atoms with Gasteiger partial charge in [-0.05, 0) is 75.0 Å². The van der Waals surface area contributed by atoms with Crippen molar-refractivity contribution in [1.82, 2.24) is 0 Å². The van der Waals surface area contributed by atoms with Crippen molar-refractivity contribution >= 4 is 16.8 Å². The summed E-state index contributed by atoms with van der Waals surface area (Å²) in [6, 6.07) is 52.2. The second-order valence-electron chi connectivity index (χ2n) is 14.1. The first-order chi connectivity index (χ1) is 24.4. The molecule has 0 fully saturated rings. The number of methoxy groups -OCH3 is 1. The zero-order valence-corrected chi connectivity index (χ0v) is 28.8. The molecule has 50 heavy (non-hydrogen) atoms. The number of ether oxygens (including phenoxy) is 2. The molecule has 2 heteroatoms. The van der Waals surface area contributed by atoms with Crippen LogP contribution in [0, 0.1) is 6.92 Å². The highest BCUT2D eigenvalue weighted by Gasteiger charge is 2.44. The lowest BCUT2D eigenvalue weighted by molar-refractivity contribution is 0.163. The fourth-order valence-corrected chi connectivity index (χ4v) is 8.26. The van der Waals surface area contributed by atoms with Crippen molar-refractivity contribution in [3.63, 3.8) is 0 Å². The maximum atomic E-state index is 7.50. The van der Waals surface area contributed by atoms with Gasteiger partial charge in [-0.3, -0.25) is 0 Å². The molecule has 1 heterocycles. The summed E-state index contributed by atoms with van der Waals surface area (Å²) in [7, 11) is 1.71. The largest absolute Gasteiger partial charge is 0.497 e. The van der Waals surface area contributed by atoms with Gasteiger partial charge in [0.1, 0.15) is 11.5 Å². The molecule has 0 bridgehead atoms. The standard InChI is InChI=1S/C48H38O2/c1-31-14-27-41-43(30-31)47(2,3)45-42-28-29-48(37-23-25-38(49-4)26-24-37,50-46(42)40-13-9-8-12-39(40)44(41)45)36-21-19-35(20-22-36)34-17-15-33(16-18-34)32-10-6-5-7-11-32/h5-30H,1-4H3. The van der Waals surface area contributed by atoms with Crippen molar-refractivity contribution in [2.75, 3.05) is 7.11 Å². The molecule has 0 amide bonds. The molecule has 1 aliphatic carbocycles. The molecule has 242 valence electrons. The third kappa shape index (κ3) is 4.55. The summed E-state index contributed by atoms with van der Waals surface area (Å²) in [6.45, 7) is 6.90. The van der Waals surface area contributed by atoms with Gasteiger partial charge in [0.15, 0.2) is 5.60 Å². The normalized spacial score (nSPS) is 16.7. The minimum atomic E-state index is -0.849. The van der Waals surface area contributed by atoms with Crippen LogP contribution in [0.25, 0.3) is 50.2 Å². The van der Waals surface area contributed by atoms with Gasteiger partial charge in [-0.25, -0.2) is 0 Å². The molecular weight excluding hydrogens is 609 g/mol. The van der Waals surface area contributed by atoms with Gasteiger partial charge in [-0.1, -0.05) is 159 Å². The van der Waals surface area contributed by atoms with Crippen LogP contribution in [0.2, 0.25) is 0 Å². The SMILES string of the molecule is COc1ccc(C2(c3ccc(-c4ccc(-c5ccccc5)cc4)cc3)C=Cc3c4c(c5ccccc5c3O2)-c2ccc(C)cc2C4(C)C)cc1. The quantitative estimate of drug-likeness (QED) is 0.185. The molecule has 0 N–H and O–H groups in total. The molecule has 2 nitrogen and oxygen atoms in total. The third-order valence-corrected chi connectivity index (χ3v) is 10.9. The number of aryl methyl sites for hydroxylation is 1. The Labute approximate surface area is 294 Å². The van der Waals surface area contributed by atoms with E-state index >= 15 is 0 Å². The smallest absolute Gasteiger partial charge is 0.178 e. The molecule has 0 radical (unpaired) electrons. The number of hydrogen-bond donors (Lipinski definition) is 0. The molecule has 1 atom stereocenters. The van der Waals surface area contributed by atoms with Gasteiger partial charge < -0.3 is 9.47 Å². The third-order valence-electron chi connectivity index (χ3n) is 10.9. The molecule has 1 aliphatic heterocycles. The van der Waals surface area contributed by atoms with E-state index in [9.17, 15) is 0 Å². The second-order valence-corrected chi connectivity index (χ2v) is 14.1. The highest BCUT2D eigenvalue weighted by atomic mass is 16.5. The Morgan fingerprint density at radius 1 is 0.580 bits per heavy atom. The summed E-state index contributed by atoms with van der Waals surface area (Å²) in [5.74, 6) is 1.74. The summed E-state index contributed by atoms with van der Waals surface area (Å²) in [6.07, 6.45) is 4.59. The van der Waals surface area contributed by atoms with Crippen molar-refractivity contribution < 1.29 is 9.47 Å². The number of hydrogen-bond acceptors (Lipinski definition) is 2. The number of benzene rings is 7. The summed E-state index contributed by atoms with van der Waals surface area (Å²) in [5.41, 5.74) is 13.7.